The van der Waals surface area contributed by atoms with Crippen LogP contribution in [-0.4, -0.2) is 9.97 Å². The molecule has 0 bridgehead atoms. The van der Waals surface area contributed by atoms with E-state index in [1.807, 2.05) is 0 Å². The highest BCUT2D eigenvalue weighted by atomic mass is 19.4. The summed E-state index contributed by atoms with van der Waals surface area (Å²) in [5.41, 5.74) is -1.21. The Hall–Kier alpha value is -2.44. The van der Waals surface area contributed by atoms with Crippen LogP contribution in [0.3, 0.4) is 0 Å². The smallest absolute Gasteiger partial charge is 0.408 e. The van der Waals surface area contributed by atoms with Crippen LogP contribution in [-0.2, 0) is 6.18 Å². The molecule has 0 saturated heterocycles. The largest absolute Gasteiger partial charge is 0.433 e. The number of hydrogen-bond acceptors (Lipinski definition) is 4. The van der Waals surface area contributed by atoms with Crippen molar-refractivity contribution in [1.29, 1.82) is 0 Å². The molecule has 7 heteroatoms. The molecule has 0 aliphatic rings. The lowest BCUT2D eigenvalue weighted by molar-refractivity contribution is -0.140. The summed E-state index contributed by atoms with van der Waals surface area (Å²) in [6.45, 7) is 1.52. The predicted molar refractivity (Wildman–Crippen MR) is 65.3 cm³/mol. The van der Waals surface area contributed by atoms with E-state index in [4.69, 9.17) is 4.42 Å². The fraction of sp³-hybridized carbons (Fsp3) is 0.154. The summed E-state index contributed by atoms with van der Waals surface area (Å²) < 4.78 is 42.6. The van der Waals surface area contributed by atoms with Crippen LogP contribution in [0.5, 0.6) is 0 Å². The van der Waals surface area contributed by atoms with Gasteiger partial charge < -0.3 is 4.42 Å². The monoisotopic (exact) mass is 280 g/mol. The Morgan fingerprint density at radius 3 is 2.55 bits per heavy atom. The van der Waals surface area contributed by atoms with Gasteiger partial charge in [0.2, 0.25) is 0 Å². The first-order chi connectivity index (χ1) is 9.34. The number of pyridine rings is 1. The van der Waals surface area contributed by atoms with Crippen LogP contribution in [0.15, 0.2) is 33.5 Å². The third-order valence-corrected chi connectivity index (χ3v) is 2.84. The molecule has 0 aliphatic carbocycles. The normalized spacial score (nSPS) is 12.2. The molecule has 102 valence electrons. The average molecular weight is 280 g/mol. The van der Waals surface area contributed by atoms with E-state index in [2.05, 4.69) is 9.97 Å². The van der Waals surface area contributed by atoms with Crippen LogP contribution in [0.4, 0.5) is 13.2 Å². The second-order valence-electron chi connectivity index (χ2n) is 4.28. The molecule has 3 aromatic rings. The molecular formula is C13H7F3N2O2. The number of aryl methyl sites for hydroxylation is 1. The van der Waals surface area contributed by atoms with Crippen LogP contribution in [0.2, 0.25) is 0 Å². The van der Waals surface area contributed by atoms with E-state index < -0.39 is 17.5 Å². The van der Waals surface area contributed by atoms with Gasteiger partial charge in [0.1, 0.15) is 5.69 Å². The first-order valence-electron chi connectivity index (χ1n) is 5.64. The van der Waals surface area contributed by atoms with Crippen molar-refractivity contribution in [1.82, 2.24) is 9.97 Å². The van der Waals surface area contributed by atoms with E-state index in [0.717, 1.165) is 6.07 Å². The summed E-state index contributed by atoms with van der Waals surface area (Å²) in [5, 5.41) is 0.581. The maximum absolute atomic E-state index is 12.6. The lowest BCUT2D eigenvalue weighted by Crippen LogP contribution is -2.08. The molecule has 0 amide bonds. The second-order valence-corrected chi connectivity index (χ2v) is 4.28. The van der Waals surface area contributed by atoms with Crippen molar-refractivity contribution in [2.24, 2.45) is 0 Å². The van der Waals surface area contributed by atoms with Crippen LogP contribution >= 0.6 is 0 Å². The molecule has 3 rings (SSSR count). The molecule has 0 aliphatic heterocycles. The van der Waals surface area contributed by atoms with Gasteiger partial charge >= 0.3 is 11.8 Å². The number of aromatic nitrogens is 2. The van der Waals surface area contributed by atoms with Crippen LogP contribution in [0, 0.1) is 6.92 Å². The fourth-order valence-electron chi connectivity index (χ4n) is 1.95. The van der Waals surface area contributed by atoms with Crippen molar-refractivity contribution in [2.75, 3.05) is 0 Å². The van der Waals surface area contributed by atoms with Gasteiger partial charge in [-0.1, -0.05) is 6.07 Å². The Morgan fingerprint density at radius 2 is 1.85 bits per heavy atom. The summed E-state index contributed by atoms with van der Waals surface area (Å²) in [6, 6.07) is 4.97. The van der Waals surface area contributed by atoms with Gasteiger partial charge in [0.05, 0.1) is 16.4 Å². The van der Waals surface area contributed by atoms with Gasteiger partial charge in [-0.2, -0.15) is 13.2 Å². The average Bonchev–Trinajstić information content (AvgIpc) is 2.35. The maximum atomic E-state index is 12.6. The van der Waals surface area contributed by atoms with E-state index >= 15 is 0 Å². The highest BCUT2D eigenvalue weighted by Gasteiger charge is 2.32. The molecule has 4 nitrogen and oxygen atoms in total. The minimum Gasteiger partial charge on any atom is -0.408 e. The number of halogens is 3. The number of hydrogen-bond donors (Lipinski definition) is 0. The van der Waals surface area contributed by atoms with Crippen molar-refractivity contribution in [3.63, 3.8) is 0 Å². The summed E-state index contributed by atoms with van der Waals surface area (Å²) >= 11 is 0. The Morgan fingerprint density at radius 1 is 1.10 bits per heavy atom. The van der Waals surface area contributed by atoms with Crippen molar-refractivity contribution in [3.05, 3.63) is 46.3 Å². The number of rotatable bonds is 0. The minimum absolute atomic E-state index is 0.0743. The van der Waals surface area contributed by atoms with Gasteiger partial charge in [-0.15, -0.1) is 0 Å². The molecule has 20 heavy (non-hydrogen) atoms. The Labute approximate surface area is 109 Å². The SMILES string of the molecule is Cc1nc2cc3ccc(C(F)(F)F)nc3cc2c(=O)o1. The Kier molecular flexibility index (Phi) is 2.53. The zero-order chi connectivity index (χ0) is 14.5. The standard InChI is InChI=1S/C13H7F3N2O2/c1-6-17-10-4-7-2-3-11(13(14,15)16)18-9(7)5-8(10)12(19)20-6/h2-5H,1H3. The van der Waals surface area contributed by atoms with Gasteiger partial charge in [0, 0.05) is 12.3 Å². The molecule has 2 heterocycles. The van der Waals surface area contributed by atoms with Crippen molar-refractivity contribution in [3.8, 4) is 0 Å². The number of alkyl halides is 3. The summed E-state index contributed by atoms with van der Waals surface area (Å²) in [5.74, 6) is 0.196. The molecule has 0 unspecified atom stereocenters. The first kappa shape index (κ1) is 12.6. The van der Waals surface area contributed by atoms with E-state index in [-0.39, 0.29) is 16.8 Å². The number of nitrogens with zero attached hydrogens (tertiary/aromatic N) is 2. The molecule has 0 N–H and O–H groups in total. The molecular weight excluding hydrogens is 273 g/mol. The molecule has 0 spiro atoms. The number of benzene rings is 1. The zero-order valence-electron chi connectivity index (χ0n) is 10.2. The van der Waals surface area contributed by atoms with E-state index in [1.165, 1.54) is 25.1 Å². The summed E-state index contributed by atoms with van der Waals surface area (Å²) in [4.78, 5) is 19.2. The van der Waals surface area contributed by atoms with Crippen molar-refractivity contribution < 1.29 is 17.6 Å². The molecule has 2 aromatic heterocycles. The second kappa shape index (κ2) is 4.03. The topological polar surface area (TPSA) is 56.0 Å². The molecule has 0 saturated carbocycles. The third-order valence-electron chi connectivity index (χ3n) is 2.84. The minimum atomic E-state index is -4.53. The predicted octanol–water partition coefficient (Wildman–Crippen LogP) is 3.06. The molecule has 0 radical (unpaired) electrons. The van der Waals surface area contributed by atoms with Gasteiger partial charge in [0.15, 0.2) is 5.89 Å². The van der Waals surface area contributed by atoms with Gasteiger partial charge in [-0.25, -0.2) is 14.8 Å². The van der Waals surface area contributed by atoms with Crippen LogP contribution in [0.25, 0.3) is 21.8 Å². The molecule has 1 aromatic carbocycles. The lowest BCUT2D eigenvalue weighted by atomic mass is 10.1. The van der Waals surface area contributed by atoms with Crippen LogP contribution < -0.4 is 5.63 Å². The van der Waals surface area contributed by atoms with Gasteiger partial charge in [0.25, 0.3) is 0 Å². The number of fused-ring (bicyclic) bond motifs is 2. The highest BCUT2D eigenvalue weighted by molar-refractivity contribution is 5.93. The van der Waals surface area contributed by atoms with Gasteiger partial charge in [-0.05, 0) is 18.2 Å². The quantitative estimate of drug-likeness (QED) is 0.594. The zero-order valence-corrected chi connectivity index (χ0v) is 10.2. The fourth-order valence-corrected chi connectivity index (χ4v) is 1.95. The van der Waals surface area contributed by atoms with Crippen molar-refractivity contribution in [2.45, 2.75) is 13.1 Å². The molecule has 0 atom stereocenters. The van der Waals surface area contributed by atoms with E-state index in [9.17, 15) is 18.0 Å². The summed E-state index contributed by atoms with van der Waals surface area (Å²) in [7, 11) is 0. The lowest BCUT2D eigenvalue weighted by Gasteiger charge is -2.07. The Balaban J connectivity index is 2.37. The first-order valence-corrected chi connectivity index (χ1v) is 5.64. The van der Waals surface area contributed by atoms with E-state index in [1.54, 1.807) is 0 Å². The van der Waals surface area contributed by atoms with Crippen molar-refractivity contribution >= 4 is 21.8 Å². The Bertz CT molecular complexity index is 884. The maximum Gasteiger partial charge on any atom is 0.433 e. The molecule has 0 fully saturated rings. The van der Waals surface area contributed by atoms with Crippen LogP contribution in [0.1, 0.15) is 11.6 Å². The van der Waals surface area contributed by atoms with Gasteiger partial charge in [-0.3, -0.25) is 0 Å². The summed E-state index contributed by atoms with van der Waals surface area (Å²) in [6.07, 6.45) is -4.53. The third kappa shape index (κ3) is 2.01. The van der Waals surface area contributed by atoms with E-state index in [0.29, 0.717) is 10.9 Å². The highest BCUT2D eigenvalue weighted by Crippen LogP contribution is 2.29.